The van der Waals surface area contributed by atoms with E-state index in [-0.39, 0.29) is 27.3 Å². The first-order valence-corrected chi connectivity index (χ1v) is 10.2. The van der Waals surface area contributed by atoms with Gasteiger partial charge in [0.2, 0.25) is 0 Å². The Kier molecular flexibility index (Phi) is 5.98. The van der Waals surface area contributed by atoms with Gasteiger partial charge in [0.05, 0.1) is 27.3 Å². The first-order chi connectivity index (χ1) is 12.9. The number of amides is 1. The Morgan fingerprint density at radius 3 is 2.74 bits per heavy atom. The standard InChI is InChI=1S/C18H18ClFN2O4S/c19-15-10-13(7-8-16(15)20)27(24,25)22-17-6-2-1-5-14(17)18(23)21-11-12-4-3-9-26-12/h1-2,5-8,10,12,22H,3-4,9,11H2,(H,21,23)/t12-/m1/s1. The van der Waals surface area contributed by atoms with Crippen LogP contribution in [0.4, 0.5) is 10.1 Å². The molecule has 1 atom stereocenters. The quantitative estimate of drug-likeness (QED) is 0.763. The largest absolute Gasteiger partial charge is 0.376 e. The van der Waals surface area contributed by atoms with Crippen molar-refractivity contribution in [3.05, 3.63) is 58.9 Å². The number of hydrogen-bond donors (Lipinski definition) is 2. The molecule has 1 saturated heterocycles. The monoisotopic (exact) mass is 412 g/mol. The summed E-state index contributed by atoms with van der Waals surface area (Å²) in [6.45, 7) is 1.03. The highest BCUT2D eigenvalue weighted by Gasteiger charge is 2.21. The average Bonchev–Trinajstić information content (AvgIpc) is 3.15. The van der Waals surface area contributed by atoms with Crippen LogP contribution in [-0.4, -0.2) is 33.6 Å². The molecule has 9 heteroatoms. The smallest absolute Gasteiger partial charge is 0.261 e. The van der Waals surface area contributed by atoms with Gasteiger partial charge in [0.15, 0.2) is 0 Å². The lowest BCUT2D eigenvalue weighted by Gasteiger charge is -2.14. The molecule has 6 nitrogen and oxygen atoms in total. The molecule has 0 saturated carbocycles. The summed E-state index contributed by atoms with van der Waals surface area (Å²) >= 11 is 5.66. The number of halogens is 2. The summed E-state index contributed by atoms with van der Waals surface area (Å²) in [6, 6.07) is 9.31. The molecule has 1 heterocycles. The zero-order valence-corrected chi connectivity index (χ0v) is 15.8. The van der Waals surface area contributed by atoms with Crippen LogP contribution >= 0.6 is 11.6 Å². The number of hydrogen-bond acceptors (Lipinski definition) is 4. The number of benzene rings is 2. The highest BCUT2D eigenvalue weighted by Crippen LogP contribution is 2.23. The van der Waals surface area contributed by atoms with Gasteiger partial charge >= 0.3 is 0 Å². The van der Waals surface area contributed by atoms with E-state index in [9.17, 15) is 17.6 Å². The normalized spacial score (nSPS) is 16.9. The van der Waals surface area contributed by atoms with E-state index in [4.69, 9.17) is 16.3 Å². The molecular formula is C18H18ClFN2O4S. The summed E-state index contributed by atoms with van der Waals surface area (Å²) in [4.78, 5) is 12.3. The molecule has 0 bridgehead atoms. The second-order valence-electron chi connectivity index (χ2n) is 6.07. The predicted octanol–water partition coefficient (Wildman–Crippen LogP) is 3.19. The van der Waals surface area contributed by atoms with Gasteiger partial charge in [-0.2, -0.15) is 0 Å². The van der Waals surface area contributed by atoms with Gasteiger partial charge in [0.1, 0.15) is 5.82 Å². The molecule has 0 aromatic heterocycles. The van der Waals surface area contributed by atoms with Crippen molar-refractivity contribution in [2.75, 3.05) is 17.9 Å². The molecule has 0 spiro atoms. The minimum Gasteiger partial charge on any atom is -0.376 e. The molecule has 2 aromatic carbocycles. The van der Waals surface area contributed by atoms with Crippen LogP contribution in [0.5, 0.6) is 0 Å². The number of carbonyl (C=O) groups excluding carboxylic acids is 1. The summed E-state index contributed by atoms with van der Waals surface area (Å²) in [5.41, 5.74) is 0.287. The van der Waals surface area contributed by atoms with Gasteiger partial charge in [-0.15, -0.1) is 0 Å². The second-order valence-corrected chi connectivity index (χ2v) is 8.16. The fourth-order valence-corrected chi connectivity index (χ4v) is 4.08. The molecule has 144 valence electrons. The maximum Gasteiger partial charge on any atom is 0.261 e. The lowest BCUT2D eigenvalue weighted by atomic mass is 10.1. The molecule has 1 aliphatic rings. The van der Waals surface area contributed by atoms with Gasteiger partial charge in [-0.25, -0.2) is 12.8 Å². The number of ether oxygens (including phenoxy) is 1. The first-order valence-electron chi connectivity index (χ1n) is 8.33. The fourth-order valence-electron chi connectivity index (χ4n) is 2.72. The second kappa shape index (κ2) is 8.24. The zero-order chi connectivity index (χ0) is 19.4. The van der Waals surface area contributed by atoms with Crippen LogP contribution in [0, 0.1) is 5.82 Å². The van der Waals surface area contributed by atoms with Gasteiger partial charge in [0.25, 0.3) is 15.9 Å². The Hall–Kier alpha value is -2.16. The Bertz CT molecular complexity index is 946. The molecule has 2 N–H and O–H groups in total. The van der Waals surface area contributed by atoms with E-state index in [0.717, 1.165) is 31.0 Å². The van der Waals surface area contributed by atoms with E-state index in [1.54, 1.807) is 12.1 Å². The summed E-state index contributed by atoms with van der Waals surface area (Å²) in [7, 11) is -4.05. The van der Waals surface area contributed by atoms with Gasteiger partial charge in [-0.05, 0) is 43.2 Å². The van der Waals surface area contributed by atoms with Crippen LogP contribution in [0.25, 0.3) is 0 Å². The van der Waals surface area contributed by atoms with E-state index in [2.05, 4.69) is 10.0 Å². The van der Waals surface area contributed by atoms with Crippen molar-refractivity contribution in [3.63, 3.8) is 0 Å². The van der Waals surface area contributed by atoms with Crippen molar-refractivity contribution >= 4 is 33.2 Å². The van der Waals surface area contributed by atoms with Gasteiger partial charge in [-0.3, -0.25) is 9.52 Å². The van der Waals surface area contributed by atoms with Gasteiger partial charge in [0, 0.05) is 13.2 Å². The summed E-state index contributed by atoms with van der Waals surface area (Å²) < 4.78 is 46.2. The molecular weight excluding hydrogens is 395 g/mol. The molecule has 0 radical (unpaired) electrons. The molecule has 27 heavy (non-hydrogen) atoms. The molecule has 2 aromatic rings. The molecule has 1 amide bonds. The van der Waals surface area contributed by atoms with Crippen molar-refractivity contribution in [3.8, 4) is 0 Å². The number of carbonyl (C=O) groups is 1. The van der Waals surface area contributed by atoms with Crippen molar-refractivity contribution in [1.29, 1.82) is 0 Å². The third-order valence-corrected chi connectivity index (χ3v) is 5.78. The number of para-hydroxylation sites is 1. The fraction of sp³-hybridized carbons (Fsp3) is 0.278. The maximum atomic E-state index is 13.3. The van der Waals surface area contributed by atoms with Gasteiger partial charge in [-0.1, -0.05) is 23.7 Å². The molecule has 1 aliphatic heterocycles. The molecule has 3 rings (SSSR count). The zero-order valence-electron chi connectivity index (χ0n) is 14.2. The van der Waals surface area contributed by atoms with Crippen molar-refractivity contribution < 1.29 is 22.3 Å². The highest BCUT2D eigenvalue weighted by atomic mass is 35.5. The summed E-state index contributed by atoms with van der Waals surface area (Å²) in [6.07, 6.45) is 1.80. The average molecular weight is 413 g/mol. The molecule has 0 unspecified atom stereocenters. The Morgan fingerprint density at radius 1 is 1.26 bits per heavy atom. The SMILES string of the molecule is O=C(NC[C@H]1CCCO1)c1ccccc1NS(=O)(=O)c1ccc(F)c(Cl)c1. The van der Waals surface area contributed by atoms with E-state index < -0.39 is 21.7 Å². The highest BCUT2D eigenvalue weighted by molar-refractivity contribution is 7.92. The number of anilines is 1. The minimum absolute atomic E-state index is 0.0286. The minimum atomic E-state index is -4.05. The van der Waals surface area contributed by atoms with Crippen molar-refractivity contribution in [1.82, 2.24) is 5.32 Å². The van der Waals surface area contributed by atoms with E-state index in [0.29, 0.717) is 13.2 Å². The topological polar surface area (TPSA) is 84.5 Å². The van der Waals surface area contributed by atoms with E-state index in [1.807, 2.05) is 0 Å². The summed E-state index contributed by atoms with van der Waals surface area (Å²) in [5, 5.41) is 2.45. The third kappa shape index (κ3) is 4.77. The lowest BCUT2D eigenvalue weighted by molar-refractivity contribution is 0.0858. The summed E-state index contributed by atoms with van der Waals surface area (Å²) in [5.74, 6) is -1.13. The van der Waals surface area contributed by atoms with Crippen molar-refractivity contribution in [2.45, 2.75) is 23.8 Å². The van der Waals surface area contributed by atoms with Crippen LogP contribution in [0.15, 0.2) is 47.4 Å². The Labute approximate surface area is 161 Å². The Morgan fingerprint density at radius 2 is 2.04 bits per heavy atom. The molecule has 1 fully saturated rings. The maximum absolute atomic E-state index is 13.3. The Balaban J connectivity index is 1.78. The van der Waals surface area contributed by atoms with E-state index >= 15 is 0 Å². The predicted molar refractivity (Wildman–Crippen MR) is 100.0 cm³/mol. The van der Waals surface area contributed by atoms with Crippen molar-refractivity contribution in [2.24, 2.45) is 0 Å². The van der Waals surface area contributed by atoms with E-state index in [1.165, 1.54) is 12.1 Å². The number of rotatable bonds is 6. The van der Waals surface area contributed by atoms with Gasteiger partial charge < -0.3 is 10.1 Å². The molecule has 0 aliphatic carbocycles. The number of sulfonamides is 1. The lowest BCUT2D eigenvalue weighted by Crippen LogP contribution is -2.32. The third-order valence-electron chi connectivity index (χ3n) is 4.13. The van der Waals surface area contributed by atoms with Crippen LogP contribution in [-0.2, 0) is 14.8 Å². The number of nitrogens with one attached hydrogen (secondary N) is 2. The van der Waals surface area contributed by atoms with Crippen LogP contribution in [0.3, 0.4) is 0 Å². The van der Waals surface area contributed by atoms with Crippen LogP contribution in [0.2, 0.25) is 5.02 Å². The first kappa shape index (κ1) is 19.6. The van der Waals surface area contributed by atoms with Crippen LogP contribution < -0.4 is 10.0 Å². The van der Waals surface area contributed by atoms with Crippen LogP contribution in [0.1, 0.15) is 23.2 Å².